The van der Waals surface area contributed by atoms with E-state index >= 15 is 0 Å². The van der Waals surface area contributed by atoms with Gasteiger partial charge in [0.1, 0.15) is 0 Å². The molecule has 2 N–H and O–H groups in total. The second kappa shape index (κ2) is 7.89. The number of alkyl halides is 10. The van der Waals surface area contributed by atoms with Crippen LogP contribution in [0.3, 0.4) is 0 Å². The van der Waals surface area contributed by atoms with Gasteiger partial charge in [-0.3, -0.25) is 4.79 Å². The van der Waals surface area contributed by atoms with Crippen molar-refractivity contribution in [2.45, 2.75) is 29.5 Å². The van der Waals surface area contributed by atoms with Gasteiger partial charge in [0, 0.05) is 5.69 Å². The quantitative estimate of drug-likeness (QED) is 0.407. The average Bonchev–Trinajstić information content (AvgIpc) is 2.56. The topological polar surface area (TPSA) is 75.6 Å². The summed E-state index contributed by atoms with van der Waals surface area (Å²) >= 11 is 5.18. The summed E-state index contributed by atoms with van der Waals surface area (Å²) in [5, 5.41) is 7.61. The molecule has 0 saturated carbocycles. The fourth-order valence-electron chi connectivity index (χ4n) is 1.94. The van der Waals surface area contributed by atoms with Gasteiger partial charge in [-0.15, -0.1) is 11.6 Å². The number of carbonyl (C=O) groups is 2. The molecule has 1 aromatic carbocycles. The Morgan fingerprint density at radius 1 is 0.966 bits per heavy atom. The molecule has 29 heavy (non-hydrogen) atoms. The third-order valence-corrected chi connectivity index (χ3v) is 3.89. The lowest BCUT2D eigenvalue weighted by Gasteiger charge is -2.30. The van der Waals surface area contributed by atoms with Crippen molar-refractivity contribution in [2.75, 3.05) is 12.4 Å². The van der Waals surface area contributed by atoms with Crippen LogP contribution in [0.25, 0.3) is 0 Å². The summed E-state index contributed by atoms with van der Waals surface area (Å²) in [4.78, 5) is 23.2. The molecule has 0 radical (unpaired) electrons. The summed E-state index contributed by atoms with van der Waals surface area (Å²) in [6.07, 6.45) is -16.5. The number of anilines is 1. The molecule has 15 heteroatoms. The summed E-state index contributed by atoms with van der Waals surface area (Å²) in [6, 6.07) is -0.322. The Bertz CT molecular complexity index is 759. The number of nitrogens with one attached hydrogen (secondary N) is 1. The van der Waals surface area contributed by atoms with Crippen molar-refractivity contribution in [1.29, 1.82) is 0 Å². The third kappa shape index (κ3) is 5.23. The number of benzene rings is 1. The van der Waals surface area contributed by atoms with Crippen molar-refractivity contribution in [3.8, 4) is 0 Å². The Hall–Kier alpha value is -2.22. The standard InChI is InChI=1S/C14H9ClF9NO4/c1-29-10(27)11(28,14(22,23)24)8(15)9(26)25-7-3-5(12(16,17)18)2-6(4-7)13(19,20)21/h2-4,8,28H,1H3,(H,25,26)/t8-,11+/m0/s1. The molecule has 2 atom stereocenters. The lowest BCUT2D eigenvalue weighted by atomic mass is 9.97. The van der Waals surface area contributed by atoms with Crippen LogP contribution in [0.2, 0.25) is 0 Å². The van der Waals surface area contributed by atoms with Crippen LogP contribution in [0.1, 0.15) is 11.1 Å². The van der Waals surface area contributed by atoms with Crippen LogP contribution < -0.4 is 5.32 Å². The average molecular weight is 462 g/mol. The molecule has 0 aliphatic carbocycles. The molecule has 0 spiro atoms. The zero-order chi connectivity index (χ0) is 23.0. The molecular weight excluding hydrogens is 453 g/mol. The summed E-state index contributed by atoms with van der Waals surface area (Å²) in [7, 11) is 0.406. The lowest BCUT2D eigenvalue weighted by Crippen LogP contribution is -2.62. The zero-order valence-corrected chi connectivity index (χ0v) is 14.5. The highest BCUT2D eigenvalue weighted by molar-refractivity contribution is 6.35. The maximum Gasteiger partial charge on any atom is 0.430 e. The van der Waals surface area contributed by atoms with Crippen molar-refractivity contribution < 1.29 is 58.9 Å². The Morgan fingerprint density at radius 2 is 1.38 bits per heavy atom. The van der Waals surface area contributed by atoms with Crippen LogP contribution in [-0.2, 0) is 26.7 Å². The Morgan fingerprint density at radius 3 is 1.69 bits per heavy atom. The largest absolute Gasteiger partial charge is 0.467 e. The molecule has 164 valence electrons. The van der Waals surface area contributed by atoms with Crippen LogP contribution in [0, 0.1) is 0 Å². The van der Waals surface area contributed by atoms with E-state index in [9.17, 15) is 54.2 Å². The van der Waals surface area contributed by atoms with Gasteiger partial charge in [-0.05, 0) is 18.2 Å². The molecule has 0 aliphatic rings. The number of halogens is 10. The first-order valence-corrected chi connectivity index (χ1v) is 7.41. The molecule has 0 heterocycles. The maximum atomic E-state index is 13.0. The van der Waals surface area contributed by atoms with Gasteiger partial charge >= 0.3 is 24.5 Å². The predicted octanol–water partition coefficient (Wildman–Crippen LogP) is 3.74. The molecule has 1 aromatic rings. The highest BCUT2D eigenvalue weighted by Gasteiger charge is 2.67. The summed E-state index contributed by atoms with van der Waals surface area (Å²) < 4.78 is 119. The van der Waals surface area contributed by atoms with Crippen LogP contribution in [0.15, 0.2) is 18.2 Å². The fourth-order valence-corrected chi connectivity index (χ4v) is 2.21. The first kappa shape index (κ1) is 24.8. The predicted molar refractivity (Wildman–Crippen MR) is 77.7 cm³/mol. The Labute approximate surface area is 160 Å². The van der Waals surface area contributed by atoms with E-state index in [0.717, 1.165) is 0 Å². The van der Waals surface area contributed by atoms with E-state index in [1.807, 2.05) is 0 Å². The highest BCUT2D eigenvalue weighted by Crippen LogP contribution is 2.39. The van der Waals surface area contributed by atoms with E-state index in [0.29, 0.717) is 7.11 Å². The van der Waals surface area contributed by atoms with E-state index in [-0.39, 0.29) is 18.2 Å². The van der Waals surface area contributed by atoms with Crippen molar-refractivity contribution in [3.63, 3.8) is 0 Å². The molecule has 0 aliphatic heterocycles. The van der Waals surface area contributed by atoms with Gasteiger partial charge in [-0.2, -0.15) is 39.5 Å². The number of carbonyl (C=O) groups excluding carboxylic acids is 2. The number of amides is 1. The van der Waals surface area contributed by atoms with Gasteiger partial charge in [0.15, 0.2) is 5.38 Å². The van der Waals surface area contributed by atoms with Crippen molar-refractivity contribution in [2.24, 2.45) is 0 Å². The van der Waals surface area contributed by atoms with Gasteiger partial charge < -0.3 is 15.2 Å². The number of hydrogen-bond donors (Lipinski definition) is 2. The number of esters is 1. The van der Waals surface area contributed by atoms with E-state index in [4.69, 9.17) is 11.6 Å². The number of methoxy groups -OCH3 is 1. The molecule has 1 rings (SSSR count). The number of hydrogen-bond acceptors (Lipinski definition) is 4. The molecule has 1 amide bonds. The molecule has 0 fully saturated rings. The van der Waals surface area contributed by atoms with E-state index in [2.05, 4.69) is 4.74 Å². The lowest BCUT2D eigenvalue weighted by molar-refractivity contribution is -0.260. The van der Waals surface area contributed by atoms with E-state index in [1.165, 1.54) is 5.32 Å². The van der Waals surface area contributed by atoms with Gasteiger partial charge in [0.25, 0.3) is 5.60 Å². The van der Waals surface area contributed by atoms with Crippen LogP contribution in [-0.4, -0.2) is 41.2 Å². The van der Waals surface area contributed by atoms with E-state index < -0.39 is 58.2 Å². The Kier molecular flexibility index (Phi) is 6.76. The second-order valence-electron chi connectivity index (χ2n) is 5.40. The second-order valence-corrected chi connectivity index (χ2v) is 5.84. The monoisotopic (exact) mass is 461 g/mol. The van der Waals surface area contributed by atoms with Crippen molar-refractivity contribution in [3.05, 3.63) is 29.3 Å². The molecule has 5 nitrogen and oxygen atoms in total. The Balaban J connectivity index is 3.38. The van der Waals surface area contributed by atoms with Crippen LogP contribution in [0.4, 0.5) is 45.2 Å². The smallest absolute Gasteiger partial charge is 0.430 e. The van der Waals surface area contributed by atoms with Gasteiger partial charge in [-0.25, -0.2) is 4.79 Å². The van der Waals surface area contributed by atoms with Crippen LogP contribution in [0.5, 0.6) is 0 Å². The highest BCUT2D eigenvalue weighted by atomic mass is 35.5. The maximum absolute atomic E-state index is 13.0. The summed E-state index contributed by atoms with van der Waals surface area (Å²) in [5.41, 5.74) is -9.64. The molecule has 0 aromatic heterocycles. The molecular formula is C14H9ClF9NO4. The van der Waals surface area contributed by atoms with Gasteiger partial charge in [0.2, 0.25) is 5.91 Å². The van der Waals surface area contributed by atoms with Crippen LogP contribution >= 0.6 is 11.6 Å². The fraction of sp³-hybridized carbons (Fsp3) is 0.429. The zero-order valence-electron chi connectivity index (χ0n) is 13.8. The minimum atomic E-state index is -5.88. The number of aliphatic hydroxyl groups is 1. The number of ether oxygens (including phenoxy) is 1. The molecule has 0 bridgehead atoms. The van der Waals surface area contributed by atoms with Gasteiger partial charge in [-0.1, -0.05) is 0 Å². The number of rotatable bonds is 4. The third-order valence-electron chi connectivity index (χ3n) is 3.38. The normalized spacial score (nSPS) is 16.0. The van der Waals surface area contributed by atoms with Crippen molar-refractivity contribution in [1.82, 2.24) is 0 Å². The van der Waals surface area contributed by atoms with Gasteiger partial charge in [0.05, 0.1) is 18.2 Å². The first-order chi connectivity index (χ1) is 12.9. The first-order valence-electron chi connectivity index (χ1n) is 6.97. The van der Waals surface area contributed by atoms with Crippen molar-refractivity contribution >= 4 is 29.2 Å². The summed E-state index contributed by atoms with van der Waals surface area (Å²) in [6.45, 7) is 0. The molecule has 0 unspecified atom stereocenters. The minimum Gasteiger partial charge on any atom is -0.467 e. The summed E-state index contributed by atoms with van der Waals surface area (Å²) in [5.74, 6) is -4.55. The SMILES string of the molecule is COC(=O)[C@](O)([C@@H](Cl)C(=O)Nc1cc(C(F)(F)F)cc(C(F)(F)F)c1)C(F)(F)F. The molecule has 0 saturated heterocycles. The van der Waals surface area contributed by atoms with E-state index in [1.54, 1.807) is 0 Å². The minimum absolute atomic E-state index is 0.0124.